The summed E-state index contributed by atoms with van der Waals surface area (Å²) in [4.78, 5) is 11.9. The summed E-state index contributed by atoms with van der Waals surface area (Å²) >= 11 is 1.74. The topological polar surface area (TPSA) is 67.2 Å². The van der Waals surface area contributed by atoms with Crippen molar-refractivity contribution in [3.63, 3.8) is 0 Å². The SMILES string of the molecule is O=C(CSC1CCCC1)NCC(O)c1ccc(-n2cccn2)cc1. The maximum Gasteiger partial charge on any atom is 0.230 e. The minimum absolute atomic E-state index is 0.000823. The number of benzene rings is 1. The molecule has 1 aromatic heterocycles. The molecule has 128 valence electrons. The maximum absolute atomic E-state index is 11.9. The van der Waals surface area contributed by atoms with E-state index in [1.54, 1.807) is 22.6 Å². The largest absolute Gasteiger partial charge is 0.387 e. The first kappa shape index (κ1) is 17.0. The first-order valence-electron chi connectivity index (χ1n) is 8.39. The van der Waals surface area contributed by atoms with Crippen LogP contribution in [0.1, 0.15) is 37.4 Å². The van der Waals surface area contributed by atoms with Crippen LogP contribution in [0.5, 0.6) is 0 Å². The number of hydrogen-bond donors (Lipinski definition) is 2. The summed E-state index contributed by atoms with van der Waals surface area (Å²) in [5, 5.41) is 17.8. The Hall–Kier alpha value is -1.79. The molecule has 1 aromatic carbocycles. The second-order valence-corrected chi connectivity index (χ2v) is 7.37. The fourth-order valence-electron chi connectivity index (χ4n) is 2.90. The Kier molecular flexibility index (Phi) is 5.93. The summed E-state index contributed by atoms with van der Waals surface area (Å²) in [5.74, 6) is 0.481. The normalized spacial score (nSPS) is 16.2. The molecule has 24 heavy (non-hydrogen) atoms. The van der Waals surface area contributed by atoms with E-state index in [1.807, 2.05) is 36.5 Å². The van der Waals surface area contributed by atoms with Crippen molar-refractivity contribution in [2.45, 2.75) is 37.0 Å². The number of rotatable bonds is 7. The number of thioether (sulfide) groups is 1. The molecule has 1 amide bonds. The van der Waals surface area contributed by atoms with E-state index >= 15 is 0 Å². The molecule has 0 saturated heterocycles. The molecule has 0 radical (unpaired) electrons. The van der Waals surface area contributed by atoms with Crippen molar-refractivity contribution in [3.8, 4) is 5.69 Å². The van der Waals surface area contributed by atoms with E-state index in [4.69, 9.17) is 0 Å². The third kappa shape index (κ3) is 4.61. The van der Waals surface area contributed by atoms with Crippen molar-refractivity contribution in [1.29, 1.82) is 0 Å². The van der Waals surface area contributed by atoms with Crippen LogP contribution in [0.3, 0.4) is 0 Å². The first-order valence-corrected chi connectivity index (χ1v) is 9.43. The summed E-state index contributed by atoms with van der Waals surface area (Å²) in [7, 11) is 0. The molecule has 0 aliphatic heterocycles. The molecule has 1 aliphatic rings. The Bertz CT molecular complexity index is 637. The number of aromatic nitrogens is 2. The number of amides is 1. The zero-order valence-corrected chi connectivity index (χ0v) is 14.4. The lowest BCUT2D eigenvalue weighted by Crippen LogP contribution is -2.30. The monoisotopic (exact) mass is 345 g/mol. The quantitative estimate of drug-likeness (QED) is 0.810. The molecule has 2 aromatic rings. The average Bonchev–Trinajstić information content (AvgIpc) is 3.31. The van der Waals surface area contributed by atoms with Gasteiger partial charge in [0, 0.05) is 24.2 Å². The molecule has 1 aliphatic carbocycles. The first-order chi connectivity index (χ1) is 11.7. The zero-order chi connectivity index (χ0) is 16.8. The summed E-state index contributed by atoms with van der Waals surface area (Å²) < 4.78 is 1.76. The molecule has 5 nitrogen and oxygen atoms in total. The highest BCUT2D eigenvalue weighted by Crippen LogP contribution is 2.29. The molecule has 1 heterocycles. The number of aliphatic hydroxyl groups excluding tert-OH is 1. The van der Waals surface area contributed by atoms with Gasteiger partial charge in [0.1, 0.15) is 0 Å². The lowest BCUT2D eigenvalue weighted by Gasteiger charge is -2.14. The molecule has 1 atom stereocenters. The lowest BCUT2D eigenvalue weighted by molar-refractivity contribution is -0.119. The van der Waals surface area contributed by atoms with Crippen molar-refractivity contribution in [3.05, 3.63) is 48.3 Å². The van der Waals surface area contributed by atoms with Gasteiger partial charge in [0.2, 0.25) is 5.91 Å². The molecule has 1 unspecified atom stereocenters. The van der Waals surface area contributed by atoms with Crippen LogP contribution in [0.4, 0.5) is 0 Å². The van der Waals surface area contributed by atoms with Gasteiger partial charge < -0.3 is 10.4 Å². The van der Waals surface area contributed by atoms with Crippen LogP contribution in [0.15, 0.2) is 42.7 Å². The van der Waals surface area contributed by atoms with Crippen LogP contribution in [-0.4, -0.2) is 38.3 Å². The predicted octanol–water partition coefficient (Wildman–Crippen LogP) is 2.70. The Morgan fingerprint density at radius 3 is 2.75 bits per heavy atom. The van der Waals surface area contributed by atoms with Gasteiger partial charge >= 0.3 is 0 Å². The number of aliphatic hydroxyl groups is 1. The summed E-state index contributed by atoms with van der Waals surface area (Å²) in [6.45, 7) is 0.241. The van der Waals surface area contributed by atoms with Crippen LogP contribution in [0.25, 0.3) is 5.69 Å². The number of nitrogens with one attached hydrogen (secondary N) is 1. The number of hydrogen-bond acceptors (Lipinski definition) is 4. The Morgan fingerprint density at radius 2 is 2.08 bits per heavy atom. The Balaban J connectivity index is 1.44. The molecule has 3 rings (SSSR count). The van der Waals surface area contributed by atoms with Gasteiger partial charge in [0.15, 0.2) is 0 Å². The van der Waals surface area contributed by atoms with E-state index in [0.29, 0.717) is 11.0 Å². The van der Waals surface area contributed by atoms with Crippen LogP contribution < -0.4 is 5.32 Å². The van der Waals surface area contributed by atoms with Gasteiger partial charge in [-0.2, -0.15) is 5.10 Å². The molecule has 6 heteroatoms. The smallest absolute Gasteiger partial charge is 0.230 e. The van der Waals surface area contributed by atoms with Gasteiger partial charge in [-0.15, -0.1) is 11.8 Å². The van der Waals surface area contributed by atoms with Crippen molar-refractivity contribution in [2.24, 2.45) is 0 Å². The van der Waals surface area contributed by atoms with Gasteiger partial charge in [-0.25, -0.2) is 4.68 Å². The second kappa shape index (κ2) is 8.35. The van der Waals surface area contributed by atoms with E-state index in [-0.39, 0.29) is 12.5 Å². The fourth-order valence-corrected chi connectivity index (χ4v) is 4.05. The molecule has 0 bridgehead atoms. The molecule has 2 N–H and O–H groups in total. The van der Waals surface area contributed by atoms with Gasteiger partial charge in [0.05, 0.1) is 17.5 Å². The van der Waals surface area contributed by atoms with Crippen molar-refractivity contribution in [2.75, 3.05) is 12.3 Å². The molecular weight excluding hydrogens is 322 g/mol. The summed E-state index contributed by atoms with van der Waals surface area (Å²) in [6, 6.07) is 9.40. The minimum atomic E-state index is -0.697. The highest BCUT2D eigenvalue weighted by molar-refractivity contribution is 8.00. The highest BCUT2D eigenvalue weighted by atomic mass is 32.2. The van der Waals surface area contributed by atoms with Crippen LogP contribution in [0.2, 0.25) is 0 Å². The number of nitrogens with zero attached hydrogens (tertiary/aromatic N) is 2. The number of carbonyl (C=O) groups excluding carboxylic acids is 1. The standard InChI is InChI=1S/C18H23N3O2S/c22-17(12-19-18(23)13-24-16-4-1-2-5-16)14-6-8-15(9-7-14)21-11-3-10-20-21/h3,6-11,16-17,22H,1-2,4-5,12-13H2,(H,19,23). The van der Waals surface area contributed by atoms with Crippen LogP contribution in [-0.2, 0) is 4.79 Å². The van der Waals surface area contributed by atoms with Gasteiger partial charge in [-0.1, -0.05) is 25.0 Å². The van der Waals surface area contributed by atoms with Gasteiger partial charge in [0.25, 0.3) is 0 Å². The summed E-state index contributed by atoms with van der Waals surface area (Å²) in [5.41, 5.74) is 1.72. The molecule has 0 spiro atoms. The Morgan fingerprint density at radius 1 is 1.33 bits per heavy atom. The van der Waals surface area contributed by atoms with Gasteiger partial charge in [-0.3, -0.25) is 4.79 Å². The van der Waals surface area contributed by atoms with E-state index in [0.717, 1.165) is 11.3 Å². The van der Waals surface area contributed by atoms with Crippen molar-refractivity contribution >= 4 is 17.7 Å². The van der Waals surface area contributed by atoms with E-state index in [1.165, 1.54) is 25.7 Å². The second-order valence-electron chi connectivity index (χ2n) is 6.08. The highest BCUT2D eigenvalue weighted by Gasteiger charge is 2.17. The van der Waals surface area contributed by atoms with Crippen molar-refractivity contribution in [1.82, 2.24) is 15.1 Å². The maximum atomic E-state index is 11.9. The van der Waals surface area contributed by atoms with Crippen molar-refractivity contribution < 1.29 is 9.90 Å². The molecule has 1 fully saturated rings. The predicted molar refractivity (Wildman–Crippen MR) is 96.2 cm³/mol. The molecule has 1 saturated carbocycles. The van der Waals surface area contributed by atoms with E-state index < -0.39 is 6.10 Å². The van der Waals surface area contributed by atoms with Crippen LogP contribution in [0, 0.1) is 0 Å². The van der Waals surface area contributed by atoms with E-state index in [2.05, 4.69) is 10.4 Å². The molecular formula is C18H23N3O2S. The van der Waals surface area contributed by atoms with E-state index in [9.17, 15) is 9.90 Å². The third-order valence-corrected chi connectivity index (χ3v) is 5.66. The minimum Gasteiger partial charge on any atom is -0.387 e. The number of carbonyl (C=O) groups is 1. The Labute approximate surface area is 146 Å². The summed E-state index contributed by atoms with van der Waals surface area (Å²) in [6.07, 6.45) is 7.91. The zero-order valence-electron chi connectivity index (χ0n) is 13.6. The third-order valence-electron chi connectivity index (χ3n) is 4.29. The van der Waals surface area contributed by atoms with Crippen LogP contribution >= 0.6 is 11.8 Å². The average molecular weight is 345 g/mol. The fraction of sp³-hybridized carbons (Fsp3) is 0.444. The van der Waals surface area contributed by atoms with Gasteiger partial charge in [-0.05, 0) is 36.6 Å². The lowest BCUT2D eigenvalue weighted by atomic mass is 10.1.